The Morgan fingerprint density at radius 1 is 1.11 bits per heavy atom. The van der Waals surface area contributed by atoms with E-state index >= 15 is 0 Å². The zero-order chi connectivity index (χ0) is 19.4. The Hall–Kier alpha value is -2.71. The average molecular weight is 402 g/mol. The van der Waals surface area contributed by atoms with Crippen molar-refractivity contribution in [3.05, 3.63) is 65.7 Å². The summed E-state index contributed by atoms with van der Waals surface area (Å²) in [6, 6.07) is 15.5. The molecule has 0 spiro atoms. The van der Waals surface area contributed by atoms with Gasteiger partial charge < -0.3 is 4.74 Å². The van der Waals surface area contributed by atoms with Crippen LogP contribution in [0.25, 0.3) is 0 Å². The third kappa shape index (κ3) is 4.72. The van der Waals surface area contributed by atoms with Crippen LogP contribution in [-0.2, 0) is 21.2 Å². The predicted octanol–water partition coefficient (Wildman–Crippen LogP) is 3.81. The van der Waals surface area contributed by atoms with Crippen LogP contribution in [0.2, 0.25) is 0 Å². The van der Waals surface area contributed by atoms with Crippen LogP contribution < -0.4 is 9.64 Å². The smallest absolute Gasteiger partial charge is 0.230 e. The first-order chi connectivity index (χ1) is 12.8. The summed E-state index contributed by atoms with van der Waals surface area (Å²) >= 11 is 1.36. The van der Waals surface area contributed by atoms with Crippen molar-refractivity contribution in [2.75, 3.05) is 11.2 Å². The first kappa shape index (κ1) is 19.1. The van der Waals surface area contributed by atoms with Gasteiger partial charge >= 0.3 is 0 Å². The monoisotopic (exact) mass is 402 g/mol. The zero-order valence-corrected chi connectivity index (χ0v) is 16.5. The van der Waals surface area contributed by atoms with Gasteiger partial charge in [0.15, 0.2) is 15.0 Å². The van der Waals surface area contributed by atoms with Crippen molar-refractivity contribution in [3.63, 3.8) is 0 Å². The predicted molar refractivity (Wildman–Crippen MR) is 105 cm³/mol. The van der Waals surface area contributed by atoms with E-state index in [0.29, 0.717) is 16.6 Å². The number of carbonyl (C=O) groups is 1. The van der Waals surface area contributed by atoms with Gasteiger partial charge in [-0.05, 0) is 36.4 Å². The van der Waals surface area contributed by atoms with Gasteiger partial charge in [0.2, 0.25) is 5.91 Å². The SMILES string of the molecule is CC(=O)N(c1ccccc1)c1nc(COc2ccc(S(C)(=O)=O)cc2)cs1. The second-order valence-electron chi connectivity index (χ2n) is 5.84. The van der Waals surface area contributed by atoms with Crippen molar-refractivity contribution >= 4 is 37.9 Å². The molecule has 1 heterocycles. The van der Waals surface area contributed by atoms with E-state index < -0.39 is 9.84 Å². The van der Waals surface area contributed by atoms with Gasteiger partial charge in [-0.3, -0.25) is 9.69 Å². The van der Waals surface area contributed by atoms with E-state index in [2.05, 4.69) is 4.98 Å². The lowest BCUT2D eigenvalue weighted by Gasteiger charge is -2.17. The Labute approximate surface area is 162 Å². The number of carbonyl (C=O) groups excluding carboxylic acids is 1. The lowest BCUT2D eigenvalue weighted by atomic mass is 10.3. The maximum absolute atomic E-state index is 12.1. The number of aromatic nitrogens is 1. The molecule has 1 amide bonds. The summed E-state index contributed by atoms with van der Waals surface area (Å²) in [6.45, 7) is 1.71. The highest BCUT2D eigenvalue weighted by Gasteiger charge is 2.17. The molecule has 140 valence electrons. The van der Waals surface area contributed by atoms with Crippen LogP contribution in [0.4, 0.5) is 10.8 Å². The first-order valence-corrected chi connectivity index (χ1v) is 10.8. The summed E-state index contributed by atoms with van der Waals surface area (Å²) in [5.74, 6) is 0.419. The van der Waals surface area contributed by atoms with Gasteiger partial charge in [0, 0.05) is 18.6 Å². The minimum absolute atomic E-state index is 0.126. The molecule has 0 saturated heterocycles. The maximum atomic E-state index is 12.1. The van der Waals surface area contributed by atoms with Crippen LogP contribution in [0.5, 0.6) is 5.75 Å². The molecule has 0 bridgehead atoms. The number of nitrogens with zero attached hydrogens (tertiary/aromatic N) is 2. The Bertz CT molecular complexity index is 1030. The lowest BCUT2D eigenvalue weighted by molar-refractivity contribution is -0.115. The summed E-state index contributed by atoms with van der Waals surface area (Å²) < 4.78 is 28.6. The van der Waals surface area contributed by atoms with Crippen molar-refractivity contribution in [1.29, 1.82) is 0 Å². The second-order valence-corrected chi connectivity index (χ2v) is 8.70. The number of anilines is 2. The molecule has 0 radical (unpaired) electrons. The Kier molecular flexibility index (Phi) is 5.57. The van der Waals surface area contributed by atoms with Crippen LogP contribution in [-0.4, -0.2) is 25.6 Å². The summed E-state index contributed by atoms with van der Waals surface area (Å²) in [5.41, 5.74) is 1.44. The van der Waals surface area contributed by atoms with Crippen molar-refractivity contribution in [3.8, 4) is 5.75 Å². The molecular formula is C19H18N2O4S2. The van der Waals surface area contributed by atoms with Crippen LogP contribution >= 0.6 is 11.3 Å². The number of benzene rings is 2. The van der Waals surface area contributed by atoms with Crippen molar-refractivity contribution < 1.29 is 17.9 Å². The number of hydrogen-bond acceptors (Lipinski definition) is 6. The molecular weight excluding hydrogens is 384 g/mol. The third-order valence-corrected chi connectivity index (χ3v) is 5.70. The highest BCUT2D eigenvalue weighted by Crippen LogP contribution is 2.29. The molecule has 0 unspecified atom stereocenters. The molecule has 0 atom stereocenters. The summed E-state index contributed by atoms with van der Waals surface area (Å²) in [7, 11) is -3.23. The number of rotatable bonds is 6. The maximum Gasteiger partial charge on any atom is 0.230 e. The number of hydrogen-bond donors (Lipinski definition) is 0. The van der Waals surface area contributed by atoms with E-state index in [-0.39, 0.29) is 17.4 Å². The van der Waals surface area contributed by atoms with Crippen LogP contribution in [0.3, 0.4) is 0 Å². The number of sulfone groups is 1. The molecule has 1 aromatic heterocycles. The van der Waals surface area contributed by atoms with Crippen LogP contribution in [0, 0.1) is 0 Å². The van der Waals surface area contributed by atoms with E-state index in [1.165, 1.54) is 30.4 Å². The molecule has 0 aliphatic carbocycles. The van der Waals surface area contributed by atoms with Gasteiger partial charge in [-0.25, -0.2) is 13.4 Å². The van der Waals surface area contributed by atoms with E-state index in [1.54, 1.807) is 17.0 Å². The fourth-order valence-corrected chi connectivity index (χ4v) is 3.91. The number of para-hydroxylation sites is 1. The number of thiazole rings is 1. The number of ether oxygens (including phenoxy) is 1. The molecule has 0 aliphatic rings. The zero-order valence-electron chi connectivity index (χ0n) is 14.8. The highest BCUT2D eigenvalue weighted by molar-refractivity contribution is 7.90. The lowest BCUT2D eigenvalue weighted by Crippen LogP contribution is -2.22. The molecule has 3 aromatic rings. The van der Waals surface area contributed by atoms with Crippen LogP contribution in [0.1, 0.15) is 12.6 Å². The highest BCUT2D eigenvalue weighted by atomic mass is 32.2. The molecule has 0 saturated carbocycles. The van der Waals surface area contributed by atoms with Gasteiger partial charge in [-0.2, -0.15) is 0 Å². The molecule has 3 rings (SSSR count). The van der Waals surface area contributed by atoms with Crippen molar-refractivity contribution in [2.24, 2.45) is 0 Å². The van der Waals surface area contributed by atoms with Crippen LogP contribution in [0.15, 0.2) is 64.9 Å². The first-order valence-electron chi connectivity index (χ1n) is 8.07. The fraction of sp³-hybridized carbons (Fsp3) is 0.158. The average Bonchev–Trinajstić information content (AvgIpc) is 3.09. The second kappa shape index (κ2) is 7.89. The number of amides is 1. The van der Waals surface area contributed by atoms with E-state index in [1.807, 2.05) is 35.7 Å². The quantitative estimate of drug-likeness (QED) is 0.627. The van der Waals surface area contributed by atoms with E-state index in [0.717, 1.165) is 11.9 Å². The molecule has 8 heteroatoms. The molecule has 0 N–H and O–H groups in total. The fourth-order valence-electron chi connectivity index (χ4n) is 2.41. The minimum atomic E-state index is -3.23. The van der Waals surface area contributed by atoms with Gasteiger partial charge in [-0.1, -0.05) is 18.2 Å². The Morgan fingerprint density at radius 2 is 1.78 bits per heavy atom. The topological polar surface area (TPSA) is 76.6 Å². The molecule has 0 fully saturated rings. The van der Waals surface area contributed by atoms with Crippen molar-refractivity contribution in [1.82, 2.24) is 4.98 Å². The standard InChI is InChI=1S/C19H18N2O4S2/c1-14(22)21(16-6-4-3-5-7-16)19-20-15(13-26-19)12-25-17-8-10-18(11-9-17)27(2,23)24/h3-11,13H,12H2,1-2H3. The van der Waals surface area contributed by atoms with Gasteiger partial charge in [0.25, 0.3) is 0 Å². The summed E-state index contributed by atoms with van der Waals surface area (Å²) in [5, 5.41) is 2.40. The minimum Gasteiger partial charge on any atom is -0.487 e. The molecule has 27 heavy (non-hydrogen) atoms. The van der Waals surface area contributed by atoms with Gasteiger partial charge in [0.05, 0.1) is 16.3 Å². The molecule has 2 aromatic carbocycles. The van der Waals surface area contributed by atoms with Gasteiger partial charge in [0.1, 0.15) is 12.4 Å². The van der Waals surface area contributed by atoms with E-state index in [4.69, 9.17) is 4.74 Å². The van der Waals surface area contributed by atoms with E-state index in [9.17, 15) is 13.2 Å². The largest absolute Gasteiger partial charge is 0.487 e. The Morgan fingerprint density at radius 3 is 2.37 bits per heavy atom. The summed E-state index contributed by atoms with van der Waals surface area (Å²) in [6.07, 6.45) is 1.16. The van der Waals surface area contributed by atoms with Crippen molar-refractivity contribution in [2.45, 2.75) is 18.4 Å². The molecule has 0 aliphatic heterocycles. The molecule has 6 nitrogen and oxygen atoms in total. The Balaban J connectivity index is 1.71. The third-order valence-electron chi connectivity index (χ3n) is 3.70. The summed E-state index contributed by atoms with van der Waals surface area (Å²) in [4.78, 5) is 18.3. The normalized spacial score (nSPS) is 11.2. The van der Waals surface area contributed by atoms with Gasteiger partial charge in [-0.15, -0.1) is 11.3 Å².